The first-order chi connectivity index (χ1) is 9.26. The standard InChI is InChI=1S/C14H18INO3/c1-2-8-16(9-7-15)14(17)13-10-18-11-5-3-4-6-12(11)19-13/h3-6,13H,2,7-10H2,1H3. The third-order valence-electron chi connectivity index (χ3n) is 2.94. The number of hydrogen-bond acceptors (Lipinski definition) is 3. The molecule has 0 aromatic heterocycles. The zero-order chi connectivity index (χ0) is 13.7. The Kier molecular flexibility index (Phi) is 5.30. The fourth-order valence-electron chi connectivity index (χ4n) is 2.05. The summed E-state index contributed by atoms with van der Waals surface area (Å²) in [5, 5.41) is 0. The topological polar surface area (TPSA) is 38.8 Å². The fourth-order valence-corrected chi connectivity index (χ4v) is 2.63. The van der Waals surface area contributed by atoms with Crippen molar-refractivity contribution in [2.45, 2.75) is 19.4 Å². The summed E-state index contributed by atoms with van der Waals surface area (Å²) in [7, 11) is 0. The highest BCUT2D eigenvalue weighted by Gasteiger charge is 2.30. The third-order valence-corrected chi connectivity index (χ3v) is 3.43. The Hall–Kier alpha value is -0.980. The smallest absolute Gasteiger partial charge is 0.267 e. The summed E-state index contributed by atoms with van der Waals surface area (Å²) in [6.45, 7) is 3.89. The molecule has 2 rings (SSSR count). The fraction of sp³-hybridized carbons (Fsp3) is 0.500. The van der Waals surface area contributed by atoms with Crippen molar-refractivity contribution in [1.29, 1.82) is 0 Å². The number of nitrogens with zero attached hydrogens (tertiary/aromatic N) is 1. The molecule has 1 aliphatic rings. The zero-order valence-electron chi connectivity index (χ0n) is 11.0. The maximum atomic E-state index is 12.4. The molecule has 1 atom stereocenters. The highest BCUT2D eigenvalue weighted by Crippen LogP contribution is 2.31. The lowest BCUT2D eigenvalue weighted by atomic mass is 10.2. The normalized spacial score (nSPS) is 17.1. The molecule has 0 radical (unpaired) electrons. The third kappa shape index (κ3) is 3.52. The van der Waals surface area contributed by atoms with Crippen LogP contribution in [0, 0.1) is 0 Å². The Morgan fingerprint density at radius 2 is 2.11 bits per heavy atom. The summed E-state index contributed by atoms with van der Waals surface area (Å²) >= 11 is 2.28. The van der Waals surface area contributed by atoms with Gasteiger partial charge in [0.15, 0.2) is 11.5 Å². The molecular weight excluding hydrogens is 357 g/mol. The molecule has 1 aromatic rings. The SMILES string of the molecule is CCCN(CCI)C(=O)C1COc2ccccc2O1. The van der Waals surface area contributed by atoms with E-state index in [1.807, 2.05) is 29.2 Å². The molecule has 1 amide bonds. The molecular formula is C14H18INO3. The summed E-state index contributed by atoms with van der Waals surface area (Å²) in [6.07, 6.45) is 0.427. The second-order valence-electron chi connectivity index (χ2n) is 4.38. The second kappa shape index (κ2) is 6.98. The van der Waals surface area contributed by atoms with E-state index in [-0.39, 0.29) is 12.5 Å². The van der Waals surface area contributed by atoms with Gasteiger partial charge in [-0.15, -0.1) is 0 Å². The number of carbonyl (C=O) groups excluding carboxylic acids is 1. The summed E-state index contributed by atoms with van der Waals surface area (Å²) < 4.78 is 12.3. The van der Waals surface area contributed by atoms with Gasteiger partial charge in [0.25, 0.3) is 5.91 Å². The molecule has 1 heterocycles. The monoisotopic (exact) mass is 375 g/mol. The summed E-state index contributed by atoms with van der Waals surface area (Å²) in [5.41, 5.74) is 0. The number of fused-ring (bicyclic) bond motifs is 1. The minimum absolute atomic E-state index is 0.0213. The number of halogens is 1. The number of ether oxygens (including phenoxy) is 2. The van der Waals surface area contributed by atoms with Gasteiger partial charge in [-0.05, 0) is 18.6 Å². The molecule has 104 valence electrons. The molecule has 5 heteroatoms. The highest BCUT2D eigenvalue weighted by molar-refractivity contribution is 14.1. The average molecular weight is 375 g/mol. The van der Waals surface area contributed by atoms with E-state index < -0.39 is 6.10 Å². The van der Waals surface area contributed by atoms with Crippen LogP contribution in [-0.4, -0.2) is 41.0 Å². The van der Waals surface area contributed by atoms with E-state index in [2.05, 4.69) is 29.5 Å². The molecule has 0 spiro atoms. The lowest BCUT2D eigenvalue weighted by Gasteiger charge is -2.30. The zero-order valence-corrected chi connectivity index (χ0v) is 13.1. The molecule has 0 aliphatic carbocycles. The largest absolute Gasteiger partial charge is 0.485 e. The van der Waals surface area contributed by atoms with Crippen molar-refractivity contribution in [3.05, 3.63) is 24.3 Å². The van der Waals surface area contributed by atoms with E-state index >= 15 is 0 Å². The second-order valence-corrected chi connectivity index (χ2v) is 5.46. The number of para-hydroxylation sites is 2. The van der Waals surface area contributed by atoms with Crippen molar-refractivity contribution in [2.75, 3.05) is 24.1 Å². The Balaban J connectivity index is 2.04. The lowest BCUT2D eigenvalue weighted by molar-refractivity contribution is -0.140. The molecule has 0 bridgehead atoms. The van der Waals surface area contributed by atoms with Crippen LogP contribution in [-0.2, 0) is 4.79 Å². The summed E-state index contributed by atoms with van der Waals surface area (Å²) in [5.74, 6) is 1.38. The van der Waals surface area contributed by atoms with Gasteiger partial charge >= 0.3 is 0 Å². The molecule has 19 heavy (non-hydrogen) atoms. The van der Waals surface area contributed by atoms with Crippen LogP contribution >= 0.6 is 22.6 Å². The van der Waals surface area contributed by atoms with Crippen molar-refractivity contribution in [3.8, 4) is 11.5 Å². The van der Waals surface area contributed by atoms with Gasteiger partial charge in [-0.2, -0.15) is 0 Å². The number of carbonyl (C=O) groups is 1. The Labute approximate surface area is 127 Å². The van der Waals surface area contributed by atoms with E-state index in [1.54, 1.807) is 0 Å². The number of rotatable bonds is 5. The van der Waals surface area contributed by atoms with Crippen LogP contribution in [0.3, 0.4) is 0 Å². The van der Waals surface area contributed by atoms with E-state index in [0.717, 1.165) is 23.9 Å². The highest BCUT2D eigenvalue weighted by atomic mass is 127. The Morgan fingerprint density at radius 1 is 1.37 bits per heavy atom. The van der Waals surface area contributed by atoms with Crippen molar-refractivity contribution in [1.82, 2.24) is 4.90 Å². The van der Waals surface area contributed by atoms with Crippen LogP contribution in [0.5, 0.6) is 11.5 Å². The lowest BCUT2D eigenvalue weighted by Crippen LogP contribution is -2.47. The maximum Gasteiger partial charge on any atom is 0.267 e. The van der Waals surface area contributed by atoms with Gasteiger partial charge in [-0.3, -0.25) is 4.79 Å². The van der Waals surface area contributed by atoms with Gasteiger partial charge in [-0.25, -0.2) is 0 Å². The molecule has 0 fully saturated rings. The molecule has 1 unspecified atom stereocenters. The minimum Gasteiger partial charge on any atom is -0.485 e. The van der Waals surface area contributed by atoms with E-state index in [0.29, 0.717) is 11.5 Å². The molecule has 0 saturated heterocycles. The van der Waals surface area contributed by atoms with Crippen molar-refractivity contribution >= 4 is 28.5 Å². The minimum atomic E-state index is -0.524. The molecule has 1 aliphatic heterocycles. The quantitative estimate of drug-likeness (QED) is 0.587. The molecule has 1 aromatic carbocycles. The van der Waals surface area contributed by atoms with Crippen LogP contribution in [0.25, 0.3) is 0 Å². The van der Waals surface area contributed by atoms with Crippen LogP contribution < -0.4 is 9.47 Å². The Morgan fingerprint density at radius 3 is 2.79 bits per heavy atom. The average Bonchev–Trinajstić information content (AvgIpc) is 2.46. The van der Waals surface area contributed by atoms with Gasteiger partial charge in [0, 0.05) is 17.5 Å². The van der Waals surface area contributed by atoms with Crippen molar-refractivity contribution < 1.29 is 14.3 Å². The van der Waals surface area contributed by atoms with E-state index in [1.165, 1.54) is 0 Å². The molecule has 0 saturated carbocycles. The summed E-state index contributed by atoms with van der Waals surface area (Å²) in [4.78, 5) is 14.3. The van der Waals surface area contributed by atoms with Crippen molar-refractivity contribution in [2.24, 2.45) is 0 Å². The predicted octanol–water partition coefficient (Wildman–Crippen LogP) is 2.50. The molecule has 0 N–H and O–H groups in total. The van der Waals surface area contributed by atoms with Gasteiger partial charge in [0.05, 0.1) is 0 Å². The van der Waals surface area contributed by atoms with Gasteiger partial charge in [-0.1, -0.05) is 41.6 Å². The predicted molar refractivity (Wildman–Crippen MR) is 82.1 cm³/mol. The first-order valence-electron chi connectivity index (χ1n) is 6.49. The number of benzene rings is 1. The number of alkyl halides is 1. The van der Waals surface area contributed by atoms with Crippen LogP contribution in [0.4, 0.5) is 0 Å². The van der Waals surface area contributed by atoms with Crippen molar-refractivity contribution in [3.63, 3.8) is 0 Å². The van der Waals surface area contributed by atoms with Crippen LogP contribution in [0.15, 0.2) is 24.3 Å². The number of hydrogen-bond donors (Lipinski definition) is 0. The number of amides is 1. The summed E-state index contributed by atoms with van der Waals surface area (Å²) in [6, 6.07) is 7.45. The first-order valence-corrected chi connectivity index (χ1v) is 8.02. The van der Waals surface area contributed by atoms with Gasteiger partial charge in [0.1, 0.15) is 6.61 Å². The first kappa shape index (κ1) is 14.4. The van der Waals surface area contributed by atoms with Gasteiger partial charge in [0.2, 0.25) is 6.10 Å². The maximum absolute atomic E-state index is 12.4. The van der Waals surface area contributed by atoms with Gasteiger partial charge < -0.3 is 14.4 Å². The molecule has 4 nitrogen and oxygen atoms in total. The van der Waals surface area contributed by atoms with E-state index in [9.17, 15) is 4.79 Å². The Bertz CT molecular complexity index is 432. The van der Waals surface area contributed by atoms with E-state index in [4.69, 9.17) is 9.47 Å². The van der Waals surface area contributed by atoms with Crippen LogP contribution in [0.2, 0.25) is 0 Å². The van der Waals surface area contributed by atoms with Crippen LogP contribution in [0.1, 0.15) is 13.3 Å².